The van der Waals surface area contributed by atoms with Crippen LogP contribution in [0.4, 0.5) is 11.4 Å². The van der Waals surface area contributed by atoms with Crippen LogP contribution in [-0.2, 0) is 9.84 Å². The van der Waals surface area contributed by atoms with Crippen molar-refractivity contribution in [3.8, 4) is 0 Å². The number of aliphatic hydroxyl groups is 1. The van der Waals surface area contributed by atoms with Crippen LogP contribution in [0.2, 0.25) is 0 Å². The quantitative estimate of drug-likeness (QED) is 0.719. The molecule has 0 bridgehead atoms. The molecule has 2 aromatic rings. The molecule has 116 valence electrons. The Morgan fingerprint density at radius 3 is 2.55 bits per heavy atom. The van der Waals surface area contributed by atoms with Crippen molar-refractivity contribution in [3.63, 3.8) is 0 Å². The highest BCUT2D eigenvalue weighted by Gasteiger charge is 2.14. The van der Waals surface area contributed by atoms with Crippen molar-refractivity contribution in [1.29, 1.82) is 0 Å². The van der Waals surface area contributed by atoms with Gasteiger partial charge in [0.1, 0.15) is 0 Å². The summed E-state index contributed by atoms with van der Waals surface area (Å²) in [4.78, 5) is 12.1. The normalized spacial score (nSPS) is 11.1. The van der Waals surface area contributed by atoms with Crippen LogP contribution in [0.15, 0.2) is 53.4 Å². The standard InChI is InChI=1S/C15H16N2O4S/c16-12-4-1-3-11(9-12)15(19)17-13-5-2-6-14(10-13)22(20,21)8-7-18/h1-6,9-10,18H,7-8,16H2,(H,17,19). The monoisotopic (exact) mass is 320 g/mol. The van der Waals surface area contributed by atoms with Crippen molar-refractivity contribution >= 4 is 27.1 Å². The van der Waals surface area contributed by atoms with Crippen molar-refractivity contribution in [3.05, 3.63) is 54.1 Å². The number of benzene rings is 2. The average Bonchev–Trinajstić information content (AvgIpc) is 2.47. The molecule has 0 atom stereocenters. The summed E-state index contributed by atoms with van der Waals surface area (Å²) in [5.41, 5.74) is 6.82. The molecule has 0 radical (unpaired) electrons. The Morgan fingerprint density at radius 1 is 1.14 bits per heavy atom. The summed E-state index contributed by atoms with van der Waals surface area (Å²) in [5, 5.41) is 11.4. The highest BCUT2D eigenvalue weighted by atomic mass is 32.2. The van der Waals surface area contributed by atoms with Crippen molar-refractivity contribution in [2.75, 3.05) is 23.4 Å². The first-order valence-electron chi connectivity index (χ1n) is 6.53. The van der Waals surface area contributed by atoms with E-state index in [-0.39, 0.29) is 16.6 Å². The van der Waals surface area contributed by atoms with Gasteiger partial charge in [-0.3, -0.25) is 4.79 Å². The van der Waals surface area contributed by atoms with Gasteiger partial charge in [-0.25, -0.2) is 8.42 Å². The number of hydrogen-bond donors (Lipinski definition) is 3. The van der Waals surface area contributed by atoms with Crippen LogP contribution in [0, 0.1) is 0 Å². The number of hydrogen-bond acceptors (Lipinski definition) is 5. The summed E-state index contributed by atoms with van der Waals surface area (Å²) in [6.45, 7) is -0.456. The fraction of sp³-hybridized carbons (Fsp3) is 0.133. The van der Waals surface area contributed by atoms with Gasteiger partial charge < -0.3 is 16.2 Å². The van der Waals surface area contributed by atoms with Gasteiger partial charge in [0.05, 0.1) is 17.3 Å². The lowest BCUT2D eigenvalue weighted by Crippen LogP contribution is -2.14. The number of amides is 1. The Hall–Kier alpha value is -2.38. The molecule has 0 aliphatic heterocycles. The first kappa shape index (κ1) is 16.0. The smallest absolute Gasteiger partial charge is 0.255 e. The van der Waals surface area contributed by atoms with Gasteiger partial charge in [-0.15, -0.1) is 0 Å². The van der Waals surface area contributed by atoms with Gasteiger partial charge in [0.2, 0.25) is 0 Å². The van der Waals surface area contributed by atoms with E-state index in [9.17, 15) is 13.2 Å². The number of carbonyl (C=O) groups excluding carboxylic acids is 1. The molecular weight excluding hydrogens is 304 g/mol. The highest BCUT2D eigenvalue weighted by molar-refractivity contribution is 7.91. The van der Waals surface area contributed by atoms with Crippen molar-refractivity contribution < 1.29 is 18.3 Å². The first-order chi connectivity index (χ1) is 10.4. The maximum Gasteiger partial charge on any atom is 0.255 e. The molecule has 0 aliphatic rings. The molecule has 0 spiro atoms. The van der Waals surface area contributed by atoms with Crippen LogP contribution < -0.4 is 11.1 Å². The van der Waals surface area contributed by atoms with E-state index in [0.717, 1.165) is 0 Å². The summed E-state index contributed by atoms with van der Waals surface area (Å²) in [5.74, 6) is -0.747. The minimum Gasteiger partial charge on any atom is -0.399 e. The zero-order valence-corrected chi connectivity index (χ0v) is 12.5. The minimum atomic E-state index is -3.56. The predicted molar refractivity (Wildman–Crippen MR) is 84.4 cm³/mol. The van der Waals surface area contributed by atoms with Gasteiger partial charge in [-0.1, -0.05) is 12.1 Å². The zero-order chi connectivity index (χ0) is 16.2. The van der Waals surface area contributed by atoms with Gasteiger partial charge in [-0.2, -0.15) is 0 Å². The number of carbonyl (C=O) groups is 1. The molecule has 0 saturated heterocycles. The molecule has 6 nitrogen and oxygen atoms in total. The lowest BCUT2D eigenvalue weighted by atomic mass is 10.2. The molecule has 0 fully saturated rings. The van der Waals surface area contributed by atoms with Gasteiger partial charge in [0.25, 0.3) is 5.91 Å². The van der Waals surface area contributed by atoms with E-state index in [1.165, 1.54) is 24.3 Å². The lowest BCUT2D eigenvalue weighted by molar-refractivity contribution is 0.102. The molecule has 0 aliphatic carbocycles. The van der Waals surface area contributed by atoms with Gasteiger partial charge in [0.15, 0.2) is 9.84 Å². The van der Waals surface area contributed by atoms with E-state index in [1.807, 2.05) is 0 Å². The molecule has 2 aromatic carbocycles. The lowest BCUT2D eigenvalue weighted by Gasteiger charge is -2.08. The Bertz CT molecular complexity index is 788. The van der Waals surface area contributed by atoms with Crippen LogP contribution >= 0.6 is 0 Å². The SMILES string of the molecule is Nc1cccc(C(=O)Nc2cccc(S(=O)(=O)CCO)c2)c1. The fourth-order valence-electron chi connectivity index (χ4n) is 1.89. The predicted octanol–water partition coefficient (Wildman–Crippen LogP) is 1.29. The van der Waals surface area contributed by atoms with Crippen LogP contribution in [0.5, 0.6) is 0 Å². The number of nitrogens with two attached hydrogens (primary N) is 1. The number of rotatable bonds is 5. The van der Waals surface area contributed by atoms with E-state index in [2.05, 4.69) is 5.32 Å². The third kappa shape index (κ3) is 3.84. The summed E-state index contributed by atoms with van der Waals surface area (Å²) in [7, 11) is -3.56. The second-order valence-electron chi connectivity index (χ2n) is 4.65. The van der Waals surface area contributed by atoms with Crippen LogP contribution in [-0.4, -0.2) is 31.8 Å². The first-order valence-corrected chi connectivity index (χ1v) is 8.18. The summed E-state index contributed by atoms with van der Waals surface area (Å²) >= 11 is 0. The van der Waals surface area contributed by atoms with Gasteiger partial charge >= 0.3 is 0 Å². The van der Waals surface area contributed by atoms with E-state index < -0.39 is 16.4 Å². The fourth-order valence-corrected chi connectivity index (χ4v) is 2.96. The molecule has 0 heterocycles. The summed E-state index contributed by atoms with van der Waals surface area (Å²) in [6.07, 6.45) is 0. The maximum atomic E-state index is 12.1. The molecular formula is C15H16N2O4S. The molecule has 7 heteroatoms. The molecule has 22 heavy (non-hydrogen) atoms. The summed E-state index contributed by atoms with van der Waals surface area (Å²) < 4.78 is 23.8. The number of aliphatic hydroxyl groups excluding tert-OH is 1. The average molecular weight is 320 g/mol. The third-order valence-electron chi connectivity index (χ3n) is 2.96. The second-order valence-corrected chi connectivity index (χ2v) is 6.76. The molecule has 1 amide bonds. The van der Waals surface area contributed by atoms with Gasteiger partial charge in [0, 0.05) is 16.9 Å². The molecule has 0 saturated carbocycles. The highest BCUT2D eigenvalue weighted by Crippen LogP contribution is 2.18. The maximum absolute atomic E-state index is 12.1. The number of anilines is 2. The van der Waals surface area contributed by atoms with Crippen LogP contribution in [0.25, 0.3) is 0 Å². The Balaban J connectivity index is 2.22. The van der Waals surface area contributed by atoms with Crippen molar-refractivity contribution in [1.82, 2.24) is 0 Å². The molecule has 2 rings (SSSR count). The van der Waals surface area contributed by atoms with E-state index in [1.54, 1.807) is 24.3 Å². The Kier molecular flexibility index (Phi) is 4.79. The number of nitrogen functional groups attached to an aromatic ring is 1. The van der Waals surface area contributed by atoms with Crippen LogP contribution in [0.3, 0.4) is 0 Å². The second kappa shape index (κ2) is 6.59. The minimum absolute atomic E-state index is 0.0481. The molecule has 0 unspecified atom stereocenters. The largest absolute Gasteiger partial charge is 0.399 e. The number of nitrogens with one attached hydrogen (secondary N) is 1. The van der Waals surface area contributed by atoms with E-state index in [0.29, 0.717) is 16.9 Å². The summed E-state index contributed by atoms with van der Waals surface area (Å²) in [6, 6.07) is 12.3. The Labute approximate surface area is 128 Å². The topological polar surface area (TPSA) is 109 Å². The van der Waals surface area contributed by atoms with Crippen molar-refractivity contribution in [2.45, 2.75) is 4.90 Å². The van der Waals surface area contributed by atoms with Crippen molar-refractivity contribution in [2.24, 2.45) is 0 Å². The number of sulfone groups is 1. The van der Waals surface area contributed by atoms with Crippen LogP contribution in [0.1, 0.15) is 10.4 Å². The zero-order valence-electron chi connectivity index (χ0n) is 11.7. The molecule has 0 aromatic heterocycles. The molecule has 4 N–H and O–H groups in total. The van der Waals surface area contributed by atoms with E-state index >= 15 is 0 Å². The van der Waals surface area contributed by atoms with Gasteiger partial charge in [-0.05, 0) is 36.4 Å². The van der Waals surface area contributed by atoms with E-state index in [4.69, 9.17) is 10.8 Å². The third-order valence-corrected chi connectivity index (χ3v) is 4.65. The Morgan fingerprint density at radius 2 is 1.86 bits per heavy atom.